The van der Waals surface area contributed by atoms with Gasteiger partial charge in [-0.1, -0.05) is 0 Å². The van der Waals surface area contributed by atoms with E-state index in [9.17, 15) is 14.4 Å². The standard InChI is InChI=1S/C18H26N2O5S/c1-4-24-17(22)14-12(3)15(18(23)25-5-2)26-16(14)19-13(21)11-20-9-7-6-8-10-20/h4-11H2,1-3H3,(H,19,21)/p+1. The van der Waals surface area contributed by atoms with E-state index in [-0.39, 0.29) is 24.7 Å². The minimum absolute atomic E-state index is 0.163. The number of amides is 1. The summed E-state index contributed by atoms with van der Waals surface area (Å²) >= 11 is 1.06. The van der Waals surface area contributed by atoms with E-state index >= 15 is 0 Å². The quantitative estimate of drug-likeness (QED) is 0.696. The maximum atomic E-state index is 12.4. The van der Waals surface area contributed by atoms with Crippen molar-refractivity contribution < 1.29 is 28.8 Å². The van der Waals surface area contributed by atoms with Gasteiger partial charge in [0.2, 0.25) is 0 Å². The van der Waals surface area contributed by atoms with Gasteiger partial charge in [0.25, 0.3) is 5.91 Å². The van der Waals surface area contributed by atoms with Crippen LogP contribution in [0.2, 0.25) is 0 Å². The molecule has 7 nitrogen and oxygen atoms in total. The zero-order valence-corrected chi connectivity index (χ0v) is 16.4. The minimum Gasteiger partial charge on any atom is -0.462 e. The van der Waals surface area contributed by atoms with Crippen LogP contribution in [0.25, 0.3) is 0 Å². The number of carbonyl (C=O) groups is 3. The topological polar surface area (TPSA) is 86.1 Å². The molecule has 1 aliphatic heterocycles. The molecule has 1 aliphatic rings. The van der Waals surface area contributed by atoms with Crippen LogP contribution in [0.4, 0.5) is 5.00 Å². The largest absolute Gasteiger partial charge is 0.462 e. The van der Waals surface area contributed by atoms with Gasteiger partial charge < -0.3 is 19.7 Å². The molecule has 8 heteroatoms. The third kappa shape index (κ3) is 5.04. The molecule has 144 valence electrons. The minimum atomic E-state index is -0.544. The number of nitrogens with one attached hydrogen (secondary N) is 2. The molecule has 2 rings (SSSR count). The lowest BCUT2D eigenvalue weighted by atomic mass is 10.1. The van der Waals surface area contributed by atoms with Crippen LogP contribution in [0, 0.1) is 6.92 Å². The van der Waals surface area contributed by atoms with Gasteiger partial charge in [0, 0.05) is 0 Å². The molecule has 2 heterocycles. The molecule has 0 aromatic carbocycles. The SMILES string of the molecule is CCOC(=O)c1sc(NC(=O)C[NH+]2CCCCC2)c(C(=O)OCC)c1C. The number of anilines is 1. The molecule has 0 bridgehead atoms. The van der Waals surface area contributed by atoms with Crippen molar-refractivity contribution >= 4 is 34.2 Å². The Kier molecular flexibility index (Phi) is 7.59. The summed E-state index contributed by atoms with van der Waals surface area (Å²) in [5.41, 5.74) is 0.717. The first-order valence-electron chi connectivity index (χ1n) is 9.08. The summed E-state index contributed by atoms with van der Waals surface area (Å²) in [5.74, 6) is -1.20. The van der Waals surface area contributed by atoms with E-state index < -0.39 is 11.9 Å². The first-order chi connectivity index (χ1) is 12.5. The summed E-state index contributed by atoms with van der Waals surface area (Å²) < 4.78 is 10.1. The Hall–Kier alpha value is -1.93. The van der Waals surface area contributed by atoms with E-state index in [1.165, 1.54) is 11.3 Å². The second kappa shape index (κ2) is 9.68. The highest BCUT2D eigenvalue weighted by molar-refractivity contribution is 7.18. The van der Waals surface area contributed by atoms with Crippen LogP contribution < -0.4 is 10.2 Å². The van der Waals surface area contributed by atoms with Gasteiger partial charge in [-0.25, -0.2) is 9.59 Å². The van der Waals surface area contributed by atoms with E-state index in [2.05, 4.69) is 5.32 Å². The van der Waals surface area contributed by atoms with Crippen LogP contribution in [0.3, 0.4) is 0 Å². The molecule has 0 atom stereocenters. The Morgan fingerprint density at radius 3 is 2.27 bits per heavy atom. The Bertz CT molecular complexity index is 665. The molecular weight excluding hydrogens is 356 g/mol. The van der Waals surface area contributed by atoms with Crippen LogP contribution in [0.15, 0.2) is 0 Å². The Morgan fingerprint density at radius 2 is 1.65 bits per heavy atom. The lowest BCUT2D eigenvalue weighted by Crippen LogP contribution is -3.13. The van der Waals surface area contributed by atoms with Crippen molar-refractivity contribution in [1.82, 2.24) is 0 Å². The van der Waals surface area contributed by atoms with E-state index in [1.807, 2.05) is 0 Å². The molecule has 1 aromatic rings. The highest BCUT2D eigenvalue weighted by Crippen LogP contribution is 2.34. The summed E-state index contributed by atoms with van der Waals surface area (Å²) in [6, 6.07) is 0. The normalized spacial score (nSPS) is 14.7. The number of hydrogen-bond donors (Lipinski definition) is 2. The predicted molar refractivity (Wildman–Crippen MR) is 99.0 cm³/mol. The third-order valence-electron chi connectivity index (χ3n) is 4.31. The van der Waals surface area contributed by atoms with Gasteiger partial charge in [0.1, 0.15) is 9.88 Å². The van der Waals surface area contributed by atoms with Crippen molar-refractivity contribution in [1.29, 1.82) is 0 Å². The average molecular weight is 383 g/mol. The summed E-state index contributed by atoms with van der Waals surface area (Å²) in [6.45, 7) is 7.88. The van der Waals surface area contributed by atoms with E-state index in [0.717, 1.165) is 37.3 Å². The number of piperidine rings is 1. The Labute approximate surface area is 157 Å². The van der Waals surface area contributed by atoms with Crippen LogP contribution in [-0.4, -0.2) is 50.7 Å². The number of esters is 2. The third-order valence-corrected chi connectivity index (χ3v) is 5.50. The number of quaternary nitrogens is 1. The molecule has 1 aromatic heterocycles. The summed E-state index contributed by atoms with van der Waals surface area (Å²) in [5, 5.41) is 3.16. The molecule has 1 fully saturated rings. The molecule has 0 spiro atoms. The first kappa shape index (κ1) is 20.4. The maximum Gasteiger partial charge on any atom is 0.348 e. The molecule has 0 unspecified atom stereocenters. The number of ether oxygens (including phenoxy) is 2. The maximum absolute atomic E-state index is 12.4. The number of thiophene rings is 1. The van der Waals surface area contributed by atoms with Gasteiger partial charge in [-0.2, -0.15) is 0 Å². The van der Waals surface area contributed by atoms with Gasteiger partial charge >= 0.3 is 11.9 Å². The van der Waals surface area contributed by atoms with Crippen molar-refractivity contribution in [2.75, 3.05) is 38.2 Å². The molecule has 0 saturated carbocycles. The molecule has 1 saturated heterocycles. The summed E-state index contributed by atoms with van der Waals surface area (Å²) in [4.78, 5) is 38.5. The van der Waals surface area contributed by atoms with Crippen LogP contribution >= 0.6 is 11.3 Å². The summed E-state index contributed by atoms with van der Waals surface area (Å²) in [7, 11) is 0. The zero-order valence-electron chi connectivity index (χ0n) is 15.6. The number of hydrogen-bond acceptors (Lipinski definition) is 6. The molecule has 2 N–H and O–H groups in total. The fourth-order valence-corrected chi connectivity index (χ4v) is 4.17. The second-order valence-corrected chi connectivity index (χ2v) is 7.26. The number of likely N-dealkylation sites (tertiary alicyclic amines) is 1. The Morgan fingerprint density at radius 1 is 1.04 bits per heavy atom. The van der Waals surface area contributed by atoms with E-state index in [1.54, 1.807) is 20.8 Å². The monoisotopic (exact) mass is 383 g/mol. The van der Waals surface area contributed by atoms with Crippen molar-refractivity contribution in [3.63, 3.8) is 0 Å². The smallest absolute Gasteiger partial charge is 0.348 e. The number of rotatable bonds is 7. The molecular formula is C18H27N2O5S+. The summed E-state index contributed by atoms with van der Waals surface area (Å²) in [6.07, 6.45) is 3.47. The van der Waals surface area contributed by atoms with E-state index in [4.69, 9.17) is 9.47 Å². The Balaban J connectivity index is 2.21. The van der Waals surface area contributed by atoms with Crippen LogP contribution in [0.5, 0.6) is 0 Å². The molecule has 26 heavy (non-hydrogen) atoms. The lowest BCUT2D eigenvalue weighted by molar-refractivity contribution is -0.896. The van der Waals surface area contributed by atoms with Gasteiger partial charge in [-0.3, -0.25) is 4.79 Å². The molecule has 1 amide bonds. The van der Waals surface area contributed by atoms with Gasteiger partial charge in [-0.05, 0) is 45.6 Å². The fraction of sp³-hybridized carbons (Fsp3) is 0.611. The van der Waals surface area contributed by atoms with Crippen LogP contribution in [0.1, 0.15) is 58.7 Å². The van der Waals surface area contributed by atoms with Crippen molar-refractivity contribution in [2.45, 2.75) is 40.0 Å². The lowest BCUT2D eigenvalue weighted by Gasteiger charge is -2.22. The van der Waals surface area contributed by atoms with Crippen LogP contribution in [-0.2, 0) is 14.3 Å². The average Bonchev–Trinajstić information content (AvgIpc) is 2.92. The van der Waals surface area contributed by atoms with Crippen molar-refractivity contribution in [2.24, 2.45) is 0 Å². The highest BCUT2D eigenvalue weighted by atomic mass is 32.1. The first-order valence-corrected chi connectivity index (χ1v) is 9.90. The van der Waals surface area contributed by atoms with Gasteiger partial charge in [-0.15, -0.1) is 11.3 Å². The van der Waals surface area contributed by atoms with Gasteiger partial charge in [0.05, 0.1) is 31.9 Å². The van der Waals surface area contributed by atoms with Crippen molar-refractivity contribution in [3.05, 3.63) is 16.0 Å². The number of carbonyl (C=O) groups excluding carboxylic acids is 3. The fourth-order valence-electron chi connectivity index (χ4n) is 3.07. The highest BCUT2D eigenvalue weighted by Gasteiger charge is 2.28. The van der Waals surface area contributed by atoms with Crippen molar-refractivity contribution in [3.8, 4) is 0 Å². The molecule has 0 aliphatic carbocycles. The second-order valence-electron chi connectivity index (χ2n) is 6.24. The van der Waals surface area contributed by atoms with Gasteiger partial charge in [0.15, 0.2) is 6.54 Å². The predicted octanol–water partition coefficient (Wildman–Crippen LogP) is 1.42. The van der Waals surface area contributed by atoms with E-state index in [0.29, 0.717) is 22.0 Å². The zero-order chi connectivity index (χ0) is 19.1. The molecule has 0 radical (unpaired) electrons.